The summed E-state index contributed by atoms with van der Waals surface area (Å²) in [6.07, 6.45) is 21.6. The normalized spacial score (nSPS) is 17.0. The third-order valence-electron chi connectivity index (χ3n) is 18.1. The Kier molecular flexibility index (Phi) is 27.6. The Morgan fingerprint density at radius 3 is 1.17 bits per heavy atom. The van der Waals surface area contributed by atoms with E-state index in [1.54, 1.807) is 24.8 Å². The van der Waals surface area contributed by atoms with Crippen molar-refractivity contribution < 1.29 is 38.6 Å². The minimum atomic E-state index is -0.245. The highest BCUT2D eigenvalue weighted by Crippen LogP contribution is 2.37. The van der Waals surface area contributed by atoms with Gasteiger partial charge in [-0.15, -0.1) is 20.4 Å². The third-order valence-corrected chi connectivity index (χ3v) is 19.1. The fraction of sp³-hybridized carbons (Fsp3) is 0.320. The second-order valence-corrected chi connectivity index (χ2v) is 26.4. The number of hydrogen-bond donors (Lipinski definition) is 3. The summed E-state index contributed by atoms with van der Waals surface area (Å²) in [5, 5.41) is 39.1. The number of pyridine rings is 4. The minimum Gasteiger partial charge on any atom is -0.394 e. The van der Waals surface area contributed by atoms with Gasteiger partial charge in [-0.25, -0.2) is 18.7 Å². The van der Waals surface area contributed by atoms with Crippen LogP contribution in [0.15, 0.2) is 171 Å². The van der Waals surface area contributed by atoms with Gasteiger partial charge in [-0.1, -0.05) is 53.8 Å². The average molecular weight is 1500 g/mol. The molecule has 4 aromatic carbocycles. The maximum absolute atomic E-state index is 12.7. The van der Waals surface area contributed by atoms with Crippen LogP contribution in [0.4, 0.5) is 23.3 Å². The van der Waals surface area contributed by atoms with E-state index in [0.29, 0.717) is 60.0 Å². The molecule has 12 heterocycles. The number of aromatic nitrogens is 12. The maximum Gasteiger partial charge on any atom is 0.373 e. The first-order chi connectivity index (χ1) is 50.8. The molecule has 1 amide bonds. The lowest BCUT2D eigenvalue weighted by Gasteiger charge is -2.35. The molecule has 546 valence electrons. The van der Waals surface area contributed by atoms with Gasteiger partial charge < -0.3 is 45.2 Å². The Balaban J connectivity index is 0.000000146. The Morgan fingerprint density at radius 2 is 0.810 bits per heavy atom. The van der Waals surface area contributed by atoms with Gasteiger partial charge in [0.05, 0.1) is 115 Å². The Hall–Kier alpha value is -10.2. The lowest BCUT2D eigenvalue weighted by atomic mass is 10.0. The van der Waals surface area contributed by atoms with E-state index in [1.165, 1.54) is 19.3 Å². The van der Waals surface area contributed by atoms with Crippen LogP contribution in [0.5, 0.6) is 0 Å². The number of anilines is 4. The van der Waals surface area contributed by atoms with E-state index in [1.807, 2.05) is 159 Å². The monoisotopic (exact) mass is 1500 g/mol. The number of halogens is 4. The molecular formula is C75H80Cl4N18O8. The van der Waals surface area contributed by atoms with Crippen molar-refractivity contribution in [2.24, 2.45) is 5.73 Å². The number of rotatable bonds is 12. The summed E-state index contributed by atoms with van der Waals surface area (Å²) in [4.78, 5) is 71.2. The second kappa shape index (κ2) is 37.5. The molecule has 0 saturated carbocycles. The molecule has 8 aromatic heterocycles. The SMILES string of the molecule is C.CC1CCCCN1c1nn(-c2ccc(Cl)cc2)c2cnccc12.CC1COCCN1c1nn(-c2ccc(Cl)cc2)c2cnccc12.NCCNC(=O)C1CCCCN1c1nn(-c2ccc(Cl)cc2)c2cnccc12.O=C=O.O=C=O.OC[C@@H]1COCCN1c1nn(-c2ccc(Cl)cc2)c2cnccc12. The lowest BCUT2D eigenvalue weighted by Crippen LogP contribution is -2.50. The van der Waals surface area contributed by atoms with Crippen LogP contribution in [-0.2, 0) is 33.4 Å². The molecule has 4 atom stereocenters. The summed E-state index contributed by atoms with van der Waals surface area (Å²) < 4.78 is 18.6. The fourth-order valence-corrected chi connectivity index (χ4v) is 13.6. The molecule has 4 aliphatic rings. The summed E-state index contributed by atoms with van der Waals surface area (Å²) in [5.41, 5.74) is 13.2. The number of ether oxygens (including phenoxy) is 2. The number of fused-ring (bicyclic) bond motifs is 4. The predicted octanol–water partition coefficient (Wildman–Crippen LogP) is 12.0. The molecule has 12 aromatic rings. The van der Waals surface area contributed by atoms with Crippen molar-refractivity contribution in [3.8, 4) is 22.7 Å². The number of carbonyl (C=O) groups is 1. The zero-order valence-electron chi connectivity index (χ0n) is 57.0. The molecule has 0 aliphatic carbocycles. The van der Waals surface area contributed by atoms with Crippen molar-refractivity contribution in [1.82, 2.24) is 64.4 Å². The third kappa shape index (κ3) is 18.3. The van der Waals surface area contributed by atoms with Gasteiger partial charge in [0.2, 0.25) is 5.91 Å². The number of benzene rings is 4. The quantitative estimate of drug-likeness (QED) is 0.102. The number of amides is 1. The lowest BCUT2D eigenvalue weighted by molar-refractivity contribution is -0.193. The topological polar surface area (TPSA) is 298 Å². The molecule has 4 N–H and O–H groups in total. The van der Waals surface area contributed by atoms with Gasteiger partial charge in [0.1, 0.15) is 6.04 Å². The highest BCUT2D eigenvalue weighted by Gasteiger charge is 2.33. The number of morpholine rings is 2. The fourth-order valence-electron chi connectivity index (χ4n) is 13.1. The van der Waals surface area contributed by atoms with E-state index in [-0.39, 0.29) is 44.3 Å². The number of piperidine rings is 2. The molecule has 0 bridgehead atoms. The van der Waals surface area contributed by atoms with Crippen molar-refractivity contribution in [3.05, 3.63) is 191 Å². The summed E-state index contributed by atoms with van der Waals surface area (Å²) in [5.74, 6) is 3.69. The van der Waals surface area contributed by atoms with Crippen LogP contribution in [0.3, 0.4) is 0 Å². The van der Waals surface area contributed by atoms with E-state index < -0.39 is 0 Å². The van der Waals surface area contributed by atoms with E-state index >= 15 is 0 Å². The summed E-state index contributed by atoms with van der Waals surface area (Å²) in [7, 11) is 0. The van der Waals surface area contributed by atoms with Crippen LogP contribution in [0, 0.1) is 0 Å². The number of carbonyl (C=O) groups excluding carboxylic acids is 5. The van der Waals surface area contributed by atoms with Gasteiger partial charge in [-0.05, 0) is 174 Å². The molecule has 4 aliphatic heterocycles. The zero-order chi connectivity index (χ0) is 73.1. The number of nitrogens with two attached hydrogens (primary N) is 1. The second-order valence-electron chi connectivity index (χ2n) is 24.6. The van der Waals surface area contributed by atoms with Gasteiger partial charge >= 0.3 is 12.3 Å². The molecule has 0 spiro atoms. The Bertz CT molecular complexity index is 4720. The molecule has 0 radical (unpaired) electrons. The highest BCUT2D eigenvalue weighted by atomic mass is 35.5. The van der Waals surface area contributed by atoms with Crippen molar-refractivity contribution in [1.29, 1.82) is 0 Å². The van der Waals surface area contributed by atoms with E-state index in [0.717, 1.165) is 147 Å². The van der Waals surface area contributed by atoms with Gasteiger partial charge in [-0.3, -0.25) is 24.7 Å². The smallest absolute Gasteiger partial charge is 0.373 e. The van der Waals surface area contributed by atoms with Crippen LogP contribution in [0.2, 0.25) is 20.1 Å². The van der Waals surface area contributed by atoms with Gasteiger partial charge in [-0.2, -0.15) is 19.2 Å². The summed E-state index contributed by atoms with van der Waals surface area (Å²) >= 11 is 24.0. The Labute approximate surface area is 626 Å². The molecular weight excluding hydrogens is 1420 g/mol. The number of aliphatic hydroxyl groups excluding tert-OH is 1. The molecule has 26 nitrogen and oxygen atoms in total. The molecule has 30 heteroatoms. The first kappa shape index (κ1) is 77.4. The predicted molar refractivity (Wildman–Crippen MR) is 407 cm³/mol. The minimum absolute atomic E-state index is 0. The number of aliphatic hydroxyl groups is 1. The average Bonchev–Trinajstić information content (AvgIpc) is 1.65. The van der Waals surface area contributed by atoms with E-state index in [9.17, 15) is 9.90 Å². The first-order valence-corrected chi connectivity index (χ1v) is 35.4. The molecule has 3 unspecified atom stereocenters. The van der Waals surface area contributed by atoms with Gasteiger partial charge in [0.25, 0.3) is 0 Å². The van der Waals surface area contributed by atoms with Crippen LogP contribution < -0.4 is 30.7 Å². The van der Waals surface area contributed by atoms with Gasteiger partial charge in [0, 0.05) is 112 Å². The Morgan fingerprint density at radius 1 is 0.476 bits per heavy atom. The highest BCUT2D eigenvalue weighted by molar-refractivity contribution is 6.31. The van der Waals surface area contributed by atoms with Gasteiger partial charge in [0.15, 0.2) is 23.3 Å². The first-order valence-electron chi connectivity index (χ1n) is 33.9. The standard InChI is InChI=1S/C20H23ClN6O.C18H19ClN4.C17H17ClN4O2.C17H17ClN4O.2CO2.CH4/c21-14-4-6-15(7-5-14)27-18-13-23-10-8-16(18)19(25-27)26-12-2-1-3-17(26)20(28)24-11-9-22;1-13-4-2-3-11-22(13)18-16-9-10-20-12-17(16)23(21-18)15-7-5-14(19)6-8-15;18-12-1-3-13(4-2-12)22-16-9-19-6-5-15(16)17(20-22)21-7-8-24-11-14(21)10-23;1-12-11-23-9-8-21(12)17-15-6-7-19-10-16(15)22(20-17)14-4-2-13(18)3-5-14;2*2-1-3;/h4-8,10,13,17H,1-3,9,11-12,22H2,(H,24,28);5-10,12-13H,2-4,11H2,1H3;1-6,9,14,23H,7-8,10-11H2;2-7,10,12H,8-9,11H2,1H3;;;1H4/t;;14-;;;;/m..1..../s1. The molecule has 4 saturated heterocycles. The molecule has 105 heavy (non-hydrogen) atoms. The molecule has 16 rings (SSSR count). The number of nitrogens with zero attached hydrogens (tertiary/aromatic N) is 16. The van der Waals surface area contributed by atoms with Crippen molar-refractivity contribution >= 4 is 131 Å². The van der Waals surface area contributed by atoms with Crippen molar-refractivity contribution in [3.63, 3.8) is 0 Å². The summed E-state index contributed by atoms with van der Waals surface area (Å²) in [6.45, 7) is 11.3. The van der Waals surface area contributed by atoms with E-state index in [4.69, 9.17) is 101 Å². The molecule has 4 fully saturated rings. The van der Waals surface area contributed by atoms with Crippen LogP contribution in [0.25, 0.3) is 66.4 Å². The van der Waals surface area contributed by atoms with Crippen LogP contribution in [-0.4, -0.2) is 179 Å². The number of hydrogen-bond acceptors (Lipinski definition) is 21. The van der Waals surface area contributed by atoms with Crippen LogP contribution >= 0.6 is 46.4 Å². The summed E-state index contributed by atoms with van der Waals surface area (Å²) in [6, 6.07) is 39.0. The van der Waals surface area contributed by atoms with Crippen LogP contribution in [0.1, 0.15) is 59.8 Å². The van der Waals surface area contributed by atoms with E-state index in [2.05, 4.69) is 64.8 Å². The largest absolute Gasteiger partial charge is 0.394 e. The van der Waals surface area contributed by atoms with Crippen molar-refractivity contribution in [2.45, 2.75) is 84.0 Å². The maximum atomic E-state index is 12.7. The van der Waals surface area contributed by atoms with Crippen molar-refractivity contribution in [2.75, 3.05) is 91.9 Å². The number of nitrogens with one attached hydrogen (secondary N) is 1. The zero-order valence-corrected chi connectivity index (χ0v) is 60.1.